The van der Waals surface area contributed by atoms with Crippen molar-refractivity contribution in [3.63, 3.8) is 0 Å². The third-order valence-electron chi connectivity index (χ3n) is 4.43. The Morgan fingerprint density at radius 2 is 2.23 bits per heavy atom. The number of aromatic nitrogens is 3. The van der Waals surface area contributed by atoms with Crippen molar-refractivity contribution in [1.82, 2.24) is 20.3 Å². The van der Waals surface area contributed by atoms with Gasteiger partial charge in [0.15, 0.2) is 6.10 Å². The molecule has 1 saturated heterocycles. The standard InChI is InChI=1S/C18H15F2N5O/c1-10-17(26-15-8-22-9-18(15,19)20)24-7-14(25-10)13-6-23-16-11(5-21)3-2-4-12(13)16/h2-4,6-7,15,22-23H,8-9H2,1H3. The van der Waals surface area contributed by atoms with E-state index >= 15 is 0 Å². The van der Waals surface area contributed by atoms with E-state index < -0.39 is 18.6 Å². The van der Waals surface area contributed by atoms with Crippen LogP contribution in [0.3, 0.4) is 0 Å². The molecular formula is C18H15F2N5O. The maximum absolute atomic E-state index is 13.7. The summed E-state index contributed by atoms with van der Waals surface area (Å²) in [4.78, 5) is 11.7. The van der Waals surface area contributed by atoms with Gasteiger partial charge in [0.2, 0.25) is 5.88 Å². The topological polar surface area (TPSA) is 86.6 Å². The van der Waals surface area contributed by atoms with E-state index in [0.717, 1.165) is 16.5 Å². The van der Waals surface area contributed by atoms with Crippen molar-refractivity contribution in [3.8, 4) is 23.2 Å². The second-order valence-electron chi connectivity index (χ2n) is 6.19. The molecule has 3 heterocycles. The van der Waals surface area contributed by atoms with Crippen LogP contribution in [0.5, 0.6) is 5.88 Å². The molecular weight excluding hydrogens is 340 g/mol. The van der Waals surface area contributed by atoms with Crippen molar-refractivity contribution < 1.29 is 13.5 Å². The average Bonchev–Trinajstić information content (AvgIpc) is 3.19. The Morgan fingerprint density at radius 3 is 2.92 bits per heavy atom. The fourth-order valence-electron chi connectivity index (χ4n) is 3.07. The Balaban J connectivity index is 1.68. The van der Waals surface area contributed by atoms with Gasteiger partial charge in [0, 0.05) is 23.7 Å². The Labute approximate surface area is 147 Å². The van der Waals surface area contributed by atoms with E-state index in [2.05, 4.69) is 26.3 Å². The summed E-state index contributed by atoms with van der Waals surface area (Å²) in [6.45, 7) is 1.33. The summed E-state index contributed by atoms with van der Waals surface area (Å²) in [5, 5.41) is 12.7. The predicted octanol–water partition coefficient (Wildman–Crippen LogP) is 2.79. The summed E-state index contributed by atoms with van der Waals surface area (Å²) in [6.07, 6.45) is 1.99. The monoisotopic (exact) mass is 355 g/mol. The summed E-state index contributed by atoms with van der Waals surface area (Å²) < 4.78 is 32.8. The summed E-state index contributed by atoms with van der Waals surface area (Å²) >= 11 is 0. The molecule has 26 heavy (non-hydrogen) atoms. The molecule has 0 amide bonds. The Kier molecular flexibility index (Phi) is 3.81. The number of hydrogen-bond acceptors (Lipinski definition) is 5. The van der Waals surface area contributed by atoms with Crippen LogP contribution in [0, 0.1) is 18.3 Å². The van der Waals surface area contributed by atoms with Gasteiger partial charge in [-0.2, -0.15) is 5.26 Å². The van der Waals surface area contributed by atoms with Crippen LogP contribution in [-0.4, -0.2) is 40.1 Å². The highest BCUT2D eigenvalue weighted by atomic mass is 19.3. The molecule has 1 fully saturated rings. The molecule has 0 bridgehead atoms. The van der Waals surface area contributed by atoms with Crippen LogP contribution in [0.2, 0.25) is 0 Å². The lowest BCUT2D eigenvalue weighted by molar-refractivity contribution is -0.0616. The normalized spacial score (nSPS) is 18.8. The molecule has 0 radical (unpaired) electrons. The molecule has 2 aromatic heterocycles. The SMILES string of the molecule is Cc1nc(-c2c[nH]c3c(C#N)cccc23)cnc1OC1CNCC1(F)F. The van der Waals surface area contributed by atoms with Gasteiger partial charge in [-0.05, 0) is 13.0 Å². The molecule has 1 aliphatic heterocycles. The summed E-state index contributed by atoms with van der Waals surface area (Å²) in [7, 11) is 0. The number of para-hydroxylation sites is 1. The van der Waals surface area contributed by atoms with Crippen LogP contribution in [0.25, 0.3) is 22.2 Å². The third-order valence-corrected chi connectivity index (χ3v) is 4.43. The van der Waals surface area contributed by atoms with Crippen molar-refractivity contribution in [2.24, 2.45) is 0 Å². The first-order valence-corrected chi connectivity index (χ1v) is 8.09. The van der Waals surface area contributed by atoms with E-state index in [0.29, 0.717) is 17.0 Å². The minimum atomic E-state index is -2.93. The molecule has 1 aromatic carbocycles. The maximum atomic E-state index is 13.7. The van der Waals surface area contributed by atoms with Gasteiger partial charge in [0.25, 0.3) is 5.92 Å². The van der Waals surface area contributed by atoms with Crippen LogP contribution in [0.15, 0.2) is 30.6 Å². The van der Waals surface area contributed by atoms with Gasteiger partial charge in [-0.3, -0.25) is 0 Å². The molecule has 1 unspecified atom stereocenters. The zero-order valence-electron chi connectivity index (χ0n) is 13.9. The van der Waals surface area contributed by atoms with Gasteiger partial charge in [0.05, 0.1) is 29.5 Å². The number of nitrogens with zero attached hydrogens (tertiary/aromatic N) is 3. The van der Waals surface area contributed by atoms with Crippen LogP contribution in [-0.2, 0) is 0 Å². The van der Waals surface area contributed by atoms with Crippen molar-refractivity contribution >= 4 is 10.9 Å². The first kappa shape index (κ1) is 16.4. The lowest BCUT2D eigenvalue weighted by Gasteiger charge is -2.19. The molecule has 4 rings (SSSR count). The van der Waals surface area contributed by atoms with Gasteiger partial charge in [-0.15, -0.1) is 0 Å². The number of alkyl halides is 2. The van der Waals surface area contributed by atoms with E-state index in [9.17, 15) is 14.0 Å². The highest BCUT2D eigenvalue weighted by Gasteiger charge is 2.46. The predicted molar refractivity (Wildman–Crippen MR) is 91.0 cm³/mol. The largest absolute Gasteiger partial charge is 0.465 e. The summed E-state index contributed by atoms with van der Waals surface area (Å²) in [5.74, 6) is -2.84. The smallest absolute Gasteiger partial charge is 0.297 e. The molecule has 6 nitrogen and oxygen atoms in total. The van der Waals surface area contributed by atoms with Gasteiger partial charge >= 0.3 is 0 Å². The number of benzene rings is 1. The average molecular weight is 355 g/mol. The number of hydrogen-bond donors (Lipinski definition) is 2. The van der Waals surface area contributed by atoms with Crippen LogP contribution in [0.1, 0.15) is 11.3 Å². The zero-order valence-corrected chi connectivity index (χ0v) is 13.9. The summed E-state index contributed by atoms with van der Waals surface area (Å²) in [6, 6.07) is 7.55. The van der Waals surface area contributed by atoms with E-state index in [-0.39, 0.29) is 12.4 Å². The lowest BCUT2D eigenvalue weighted by atomic mass is 10.1. The molecule has 2 N–H and O–H groups in total. The number of aromatic amines is 1. The number of aryl methyl sites for hydroxylation is 1. The number of nitriles is 1. The minimum absolute atomic E-state index is 0.0647. The Hall–Kier alpha value is -3.05. The second kappa shape index (κ2) is 6.04. The number of halogens is 2. The highest BCUT2D eigenvalue weighted by molar-refractivity contribution is 5.97. The number of nitrogens with one attached hydrogen (secondary N) is 2. The molecule has 132 valence electrons. The molecule has 8 heteroatoms. The Morgan fingerprint density at radius 1 is 1.38 bits per heavy atom. The first-order valence-electron chi connectivity index (χ1n) is 8.09. The highest BCUT2D eigenvalue weighted by Crippen LogP contribution is 2.31. The van der Waals surface area contributed by atoms with Crippen LogP contribution < -0.4 is 10.1 Å². The fraction of sp³-hybridized carbons (Fsp3) is 0.278. The second-order valence-corrected chi connectivity index (χ2v) is 6.19. The van der Waals surface area contributed by atoms with E-state index in [1.807, 2.05) is 6.07 Å². The van der Waals surface area contributed by atoms with Crippen molar-refractivity contribution in [2.75, 3.05) is 13.1 Å². The molecule has 1 atom stereocenters. The molecule has 1 aliphatic rings. The number of fused-ring (bicyclic) bond motifs is 1. The van der Waals surface area contributed by atoms with Gasteiger partial charge in [0.1, 0.15) is 11.8 Å². The Bertz CT molecular complexity index is 1020. The van der Waals surface area contributed by atoms with Gasteiger partial charge in [-0.25, -0.2) is 18.7 Å². The van der Waals surface area contributed by atoms with E-state index in [4.69, 9.17) is 4.74 Å². The van der Waals surface area contributed by atoms with Gasteiger partial charge in [-0.1, -0.05) is 12.1 Å². The lowest BCUT2D eigenvalue weighted by Crippen LogP contribution is -2.37. The van der Waals surface area contributed by atoms with Crippen molar-refractivity contribution in [1.29, 1.82) is 5.26 Å². The minimum Gasteiger partial charge on any atom is -0.465 e. The number of H-pyrrole nitrogens is 1. The number of rotatable bonds is 3. The van der Waals surface area contributed by atoms with Gasteiger partial charge < -0.3 is 15.0 Å². The van der Waals surface area contributed by atoms with Crippen LogP contribution >= 0.6 is 0 Å². The quantitative estimate of drug-likeness (QED) is 0.754. The molecule has 3 aromatic rings. The third kappa shape index (κ3) is 2.66. The number of ether oxygens (including phenoxy) is 1. The summed E-state index contributed by atoms with van der Waals surface area (Å²) in [5.41, 5.74) is 3.05. The first-order chi connectivity index (χ1) is 12.5. The van der Waals surface area contributed by atoms with Crippen LogP contribution in [0.4, 0.5) is 8.78 Å². The van der Waals surface area contributed by atoms with Crippen molar-refractivity contribution in [2.45, 2.75) is 19.0 Å². The van der Waals surface area contributed by atoms with E-state index in [1.54, 1.807) is 25.3 Å². The van der Waals surface area contributed by atoms with Crippen molar-refractivity contribution in [3.05, 3.63) is 41.9 Å². The van der Waals surface area contributed by atoms with E-state index in [1.165, 1.54) is 6.20 Å². The fourth-order valence-corrected chi connectivity index (χ4v) is 3.07. The zero-order chi connectivity index (χ0) is 18.3. The molecule has 0 aliphatic carbocycles. The maximum Gasteiger partial charge on any atom is 0.297 e. The molecule has 0 spiro atoms. The molecule has 0 saturated carbocycles.